The molecule has 1 aliphatic heterocycles. The van der Waals surface area contributed by atoms with Crippen molar-refractivity contribution >= 4 is 23.3 Å². The molecule has 184 valence electrons. The second kappa shape index (κ2) is 10.6. The molecule has 6 nitrogen and oxygen atoms in total. The van der Waals surface area contributed by atoms with E-state index in [-0.39, 0.29) is 30.8 Å². The zero-order valence-electron chi connectivity index (χ0n) is 19.1. The molecule has 0 radical (unpaired) electrons. The molecule has 0 unspecified atom stereocenters. The zero-order chi connectivity index (χ0) is 23.5. The average Bonchev–Trinajstić information content (AvgIpc) is 3.25. The molecule has 2 aromatic heterocycles. The van der Waals surface area contributed by atoms with E-state index < -0.39 is 5.92 Å². The Morgan fingerprint density at radius 1 is 0.971 bits per heavy atom. The fourth-order valence-corrected chi connectivity index (χ4v) is 4.25. The summed E-state index contributed by atoms with van der Waals surface area (Å²) in [6, 6.07) is 18.8. The van der Waals surface area contributed by atoms with Crippen molar-refractivity contribution in [3.05, 3.63) is 89.0 Å². The van der Waals surface area contributed by atoms with Crippen LogP contribution in [-0.4, -0.2) is 44.8 Å². The highest BCUT2D eigenvalue weighted by molar-refractivity contribution is 5.85. The van der Waals surface area contributed by atoms with Gasteiger partial charge in [0.2, 0.25) is 0 Å². The van der Waals surface area contributed by atoms with Crippen LogP contribution < -0.4 is 10.3 Å². The van der Waals surface area contributed by atoms with E-state index in [1.165, 1.54) is 6.07 Å². The second-order valence-corrected chi connectivity index (χ2v) is 8.65. The summed E-state index contributed by atoms with van der Waals surface area (Å²) in [5.74, 6) is -2.01. The summed E-state index contributed by atoms with van der Waals surface area (Å²) in [4.78, 5) is 14.8. The number of benzene rings is 2. The molecule has 0 bridgehead atoms. The normalized spacial score (nSPS) is 15.6. The smallest absolute Gasteiger partial charge is 0.258 e. The third kappa shape index (κ3) is 5.89. The third-order valence-electron chi connectivity index (χ3n) is 6.26. The van der Waals surface area contributed by atoms with E-state index in [0.29, 0.717) is 38.5 Å². The summed E-state index contributed by atoms with van der Waals surface area (Å²) in [7, 11) is 0. The van der Waals surface area contributed by atoms with Crippen LogP contribution in [0.1, 0.15) is 18.4 Å². The van der Waals surface area contributed by atoms with Crippen molar-refractivity contribution in [3.8, 4) is 11.4 Å². The van der Waals surface area contributed by atoms with Crippen LogP contribution in [-0.2, 0) is 13.2 Å². The lowest BCUT2D eigenvalue weighted by Crippen LogP contribution is -2.40. The molecule has 0 saturated carbocycles. The van der Waals surface area contributed by atoms with Crippen LogP contribution in [0.5, 0.6) is 5.75 Å². The molecule has 4 aromatic rings. The Morgan fingerprint density at radius 3 is 2.49 bits per heavy atom. The fraction of sp³-hybridized carbons (Fsp3) is 0.308. The molecular weight excluding hydrogens is 474 g/mol. The lowest BCUT2D eigenvalue weighted by molar-refractivity contribution is -0.0555. The topological polar surface area (TPSA) is 52.3 Å². The molecule has 0 N–H and O–H groups in total. The van der Waals surface area contributed by atoms with Crippen LogP contribution >= 0.6 is 12.4 Å². The zero-order valence-corrected chi connectivity index (χ0v) is 20.0. The maximum absolute atomic E-state index is 13.4. The van der Waals surface area contributed by atoms with Crippen LogP contribution in [0.25, 0.3) is 16.6 Å². The van der Waals surface area contributed by atoms with Crippen LogP contribution in [0.3, 0.4) is 0 Å². The Balaban J connectivity index is 0.00000289. The SMILES string of the molecule is Cl.O=c1cc(OCc2ccccc2)ccn1-c1ccc2c(cnn2CCN2CCC(F)(F)CC2)c1. The minimum Gasteiger partial charge on any atom is -0.489 e. The van der Waals surface area contributed by atoms with Gasteiger partial charge < -0.3 is 9.64 Å². The number of hydrogen-bond donors (Lipinski definition) is 0. The van der Waals surface area contributed by atoms with Crippen LogP contribution in [0.2, 0.25) is 0 Å². The predicted molar refractivity (Wildman–Crippen MR) is 134 cm³/mol. The van der Waals surface area contributed by atoms with E-state index in [1.807, 2.05) is 53.2 Å². The Bertz CT molecular complexity index is 1330. The summed E-state index contributed by atoms with van der Waals surface area (Å²) in [5.41, 5.74) is 2.54. The number of alkyl halides is 2. The third-order valence-corrected chi connectivity index (χ3v) is 6.26. The minimum atomic E-state index is -2.53. The van der Waals surface area contributed by atoms with E-state index in [0.717, 1.165) is 22.2 Å². The highest BCUT2D eigenvalue weighted by atomic mass is 35.5. The van der Waals surface area contributed by atoms with E-state index >= 15 is 0 Å². The van der Waals surface area contributed by atoms with Crippen LogP contribution in [0.4, 0.5) is 8.78 Å². The van der Waals surface area contributed by atoms with Gasteiger partial charge in [-0.25, -0.2) is 8.78 Å². The molecule has 1 fully saturated rings. The number of likely N-dealkylation sites (tertiary alicyclic amines) is 1. The minimum absolute atomic E-state index is 0. The molecule has 2 aromatic carbocycles. The maximum Gasteiger partial charge on any atom is 0.258 e. The number of ether oxygens (including phenoxy) is 1. The molecule has 0 aliphatic carbocycles. The van der Waals surface area contributed by atoms with E-state index in [1.54, 1.807) is 23.0 Å². The maximum atomic E-state index is 13.4. The quantitative estimate of drug-likeness (QED) is 0.361. The highest BCUT2D eigenvalue weighted by Crippen LogP contribution is 2.27. The van der Waals surface area contributed by atoms with Crippen molar-refractivity contribution in [1.82, 2.24) is 19.2 Å². The van der Waals surface area contributed by atoms with E-state index in [4.69, 9.17) is 4.74 Å². The van der Waals surface area contributed by atoms with Gasteiger partial charge in [-0.05, 0) is 29.8 Å². The predicted octanol–water partition coefficient (Wildman–Crippen LogP) is 4.92. The van der Waals surface area contributed by atoms with Crippen molar-refractivity contribution in [3.63, 3.8) is 0 Å². The summed E-state index contributed by atoms with van der Waals surface area (Å²) >= 11 is 0. The molecule has 9 heteroatoms. The number of fused-ring (bicyclic) bond motifs is 1. The van der Waals surface area contributed by atoms with Gasteiger partial charge >= 0.3 is 0 Å². The van der Waals surface area contributed by atoms with Gasteiger partial charge in [-0.3, -0.25) is 14.0 Å². The van der Waals surface area contributed by atoms with Gasteiger partial charge in [0.1, 0.15) is 12.4 Å². The van der Waals surface area contributed by atoms with Gasteiger partial charge in [0, 0.05) is 55.8 Å². The van der Waals surface area contributed by atoms with Gasteiger partial charge in [0.25, 0.3) is 11.5 Å². The molecule has 5 rings (SSSR count). The Kier molecular flexibility index (Phi) is 7.52. The first kappa shape index (κ1) is 24.9. The molecule has 35 heavy (non-hydrogen) atoms. The highest BCUT2D eigenvalue weighted by Gasteiger charge is 2.33. The van der Waals surface area contributed by atoms with Crippen molar-refractivity contribution in [2.45, 2.75) is 31.9 Å². The Hall–Kier alpha value is -3.23. The summed E-state index contributed by atoms with van der Waals surface area (Å²) < 4.78 is 35.9. The number of rotatable bonds is 7. The molecule has 0 spiro atoms. The average molecular weight is 501 g/mol. The first-order chi connectivity index (χ1) is 16.5. The van der Waals surface area contributed by atoms with Gasteiger partial charge in [-0.15, -0.1) is 12.4 Å². The van der Waals surface area contributed by atoms with Crippen LogP contribution in [0.15, 0.2) is 77.9 Å². The Morgan fingerprint density at radius 2 is 1.74 bits per heavy atom. The van der Waals surface area contributed by atoms with Crippen LogP contribution in [0, 0.1) is 0 Å². The van der Waals surface area contributed by atoms with Crippen molar-refractivity contribution in [2.75, 3.05) is 19.6 Å². The molecule has 1 saturated heterocycles. The lowest BCUT2D eigenvalue weighted by atomic mass is 10.1. The monoisotopic (exact) mass is 500 g/mol. The first-order valence-electron chi connectivity index (χ1n) is 11.4. The molecule has 0 atom stereocenters. The molecular formula is C26H27ClF2N4O2. The largest absolute Gasteiger partial charge is 0.489 e. The first-order valence-corrected chi connectivity index (χ1v) is 11.4. The standard InChI is InChI=1S/C26H26F2N4O2.ClH/c27-26(28)9-12-30(13-10-26)14-15-32-24-7-6-22(16-21(24)18-29-32)31-11-8-23(17-25(31)33)34-19-20-4-2-1-3-5-20;/h1-8,11,16-18H,9-10,12-15,19H2;1H. The van der Waals surface area contributed by atoms with E-state index in [9.17, 15) is 13.6 Å². The number of pyridine rings is 1. The fourth-order valence-electron chi connectivity index (χ4n) is 4.25. The van der Waals surface area contributed by atoms with E-state index in [2.05, 4.69) is 10.00 Å². The summed E-state index contributed by atoms with van der Waals surface area (Å²) in [5, 5.41) is 5.38. The number of aromatic nitrogens is 3. The molecule has 0 amide bonds. The second-order valence-electron chi connectivity index (χ2n) is 8.65. The number of piperidine rings is 1. The molecule has 3 heterocycles. The molecule has 1 aliphatic rings. The van der Waals surface area contributed by atoms with Gasteiger partial charge in [0.15, 0.2) is 0 Å². The number of hydrogen-bond acceptors (Lipinski definition) is 4. The summed E-state index contributed by atoms with van der Waals surface area (Å²) in [6.45, 7) is 2.52. The number of nitrogens with zero attached hydrogens (tertiary/aromatic N) is 4. The Labute approximate surface area is 208 Å². The summed E-state index contributed by atoms with van der Waals surface area (Å²) in [6.07, 6.45) is 3.31. The van der Waals surface area contributed by atoms with Gasteiger partial charge in [-0.2, -0.15) is 5.10 Å². The van der Waals surface area contributed by atoms with Crippen molar-refractivity contribution in [2.24, 2.45) is 0 Å². The number of halogens is 3. The lowest BCUT2D eigenvalue weighted by Gasteiger charge is -2.31. The van der Waals surface area contributed by atoms with Crippen molar-refractivity contribution < 1.29 is 13.5 Å². The van der Waals surface area contributed by atoms with Gasteiger partial charge in [0.05, 0.1) is 18.3 Å². The van der Waals surface area contributed by atoms with Crippen molar-refractivity contribution in [1.29, 1.82) is 0 Å². The van der Waals surface area contributed by atoms with Gasteiger partial charge in [-0.1, -0.05) is 30.3 Å².